The summed E-state index contributed by atoms with van der Waals surface area (Å²) in [6, 6.07) is 3.23. The number of ether oxygens (including phenoxy) is 1. The highest BCUT2D eigenvalue weighted by molar-refractivity contribution is 5.99. The molecule has 1 heterocycles. The van der Waals surface area contributed by atoms with Crippen molar-refractivity contribution in [1.29, 1.82) is 0 Å². The molecule has 2 aliphatic rings. The van der Waals surface area contributed by atoms with Gasteiger partial charge in [-0.15, -0.1) is 0 Å². The molecule has 0 bridgehead atoms. The second kappa shape index (κ2) is 4.05. The maximum atomic E-state index is 11.9. The summed E-state index contributed by atoms with van der Waals surface area (Å²) in [5.41, 5.74) is 7.91. The van der Waals surface area contributed by atoms with Crippen molar-refractivity contribution in [3.63, 3.8) is 0 Å². The van der Waals surface area contributed by atoms with Crippen LogP contribution in [0.4, 0.5) is 0 Å². The van der Waals surface area contributed by atoms with Crippen LogP contribution < -0.4 is 10.5 Å². The molecule has 4 heteroatoms. The first-order chi connectivity index (χ1) is 8.90. The zero-order valence-corrected chi connectivity index (χ0v) is 11.3. The van der Waals surface area contributed by atoms with E-state index in [0.717, 1.165) is 29.5 Å². The molecule has 0 fully saturated rings. The van der Waals surface area contributed by atoms with E-state index in [4.69, 9.17) is 10.5 Å². The highest BCUT2D eigenvalue weighted by Gasteiger charge is 2.41. The molecule has 4 nitrogen and oxygen atoms in total. The van der Waals surface area contributed by atoms with Gasteiger partial charge in [0.1, 0.15) is 17.5 Å². The van der Waals surface area contributed by atoms with Crippen molar-refractivity contribution >= 4 is 5.78 Å². The fourth-order valence-corrected chi connectivity index (χ4v) is 2.97. The summed E-state index contributed by atoms with van der Waals surface area (Å²) in [4.78, 5) is 11.9. The number of Topliss-reactive ketones (excluding diaryl/α,β-unsaturated/α-hetero) is 1. The van der Waals surface area contributed by atoms with E-state index in [2.05, 4.69) is 0 Å². The zero-order valence-electron chi connectivity index (χ0n) is 11.3. The number of carbonyl (C=O) groups excluding carboxylic acids is 1. The lowest BCUT2D eigenvalue weighted by atomic mass is 9.82. The first kappa shape index (κ1) is 12.6. The fourth-order valence-electron chi connectivity index (χ4n) is 2.97. The van der Waals surface area contributed by atoms with E-state index in [0.29, 0.717) is 12.2 Å². The number of fused-ring (bicyclic) bond motifs is 2. The van der Waals surface area contributed by atoms with Gasteiger partial charge in [-0.2, -0.15) is 0 Å². The maximum absolute atomic E-state index is 11.9. The molecule has 2 atom stereocenters. The lowest BCUT2D eigenvalue weighted by Gasteiger charge is -2.41. The Morgan fingerprint density at radius 2 is 2.11 bits per heavy atom. The number of carbonyl (C=O) groups is 1. The Morgan fingerprint density at radius 1 is 1.37 bits per heavy atom. The fraction of sp³-hybridized carbons (Fsp3) is 0.533. The van der Waals surface area contributed by atoms with Crippen LogP contribution in [0.15, 0.2) is 12.1 Å². The average Bonchev–Trinajstić information content (AvgIpc) is 2.35. The summed E-state index contributed by atoms with van der Waals surface area (Å²) in [7, 11) is 0. The normalized spacial score (nSPS) is 28.3. The molecule has 0 radical (unpaired) electrons. The SMILES string of the molecule is CC1(C)Oc2cc3c(cc2C(N)C1O)C(=O)CCC3. The summed E-state index contributed by atoms with van der Waals surface area (Å²) >= 11 is 0. The maximum Gasteiger partial charge on any atom is 0.163 e. The zero-order chi connectivity index (χ0) is 13.8. The molecule has 3 N–H and O–H groups in total. The minimum Gasteiger partial charge on any atom is -0.485 e. The standard InChI is InChI=1S/C15H19NO3/c1-15(2)14(18)13(16)10-7-9-8(6-12(10)19-15)4-3-5-11(9)17/h6-7,13-14,18H,3-5,16H2,1-2H3. The monoisotopic (exact) mass is 261 g/mol. The van der Waals surface area contributed by atoms with Gasteiger partial charge in [0.2, 0.25) is 0 Å². The van der Waals surface area contributed by atoms with Crippen LogP contribution in [0.5, 0.6) is 5.75 Å². The Labute approximate surface area is 112 Å². The number of ketones is 1. The predicted molar refractivity (Wildman–Crippen MR) is 71.4 cm³/mol. The third-order valence-electron chi connectivity index (χ3n) is 4.17. The molecule has 1 aromatic rings. The molecular formula is C15H19NO3. The number of aryl methyl sites for hydroxylation is 1. The molecule has 0 aromatic heterocycles. The Bertz CT molecular complexity index is 551. The van der Waals surface area contributed by atoms with Gasteiger partial charge in [0, 0.05) is 17.5 Å². The van der Waals surface area contributed by atoms with Crippen LogP contribution in [-0.4, -0.2) is 22.6 Å². The van der Waals surface area contributed by atoms with Crippen LogP contribution in [0.2, 0.25) is 0 Å². The van der Waals surface area contributed by atoms with Crippen molar-refractivity contribution in [2.45, 2.75) is 50.9 Å². The second-order valence-corrected chi connectivity index (χ2v) is 6.00. The molecule has 2 unspecified atom stereocenters. The molecular weight excluding hydrogens is 242 g/mol. The third-order valence-corrected chi connectivity index (χ3v) is 4.17. The summed E-state index contributed by atoms with van der Waals surface area (Å²) in [5, 5.41) is 10.2. The van der Waals surface area contributed by atoms with E-state index >= 15 is 0 Å². The molecule has 0 saturated carbocycles. The molecule has 0 amide bonds. The topological polar surface area (TPSA) is 72.6 Å². The van der Waals surface area contributed by atoms with E-state index in [1.807, 2.05) is 26.0 Å². The molecule has 1 aromatic carbocycles. The van der Waals surface area contributed by atoms with E-state index < -0.39 is 17.7 Å². The third kappa shape index (κ3) is 1.86. The highest BCUT2D eigenvalue weighted by Crippen LogP contribution is 2.41. The number of hydrogen-bond donors (Lipinski definition) is 2. The first-order valence-corrected chi connectivity index (χ1v) is 6.73. The summed E-state index contributed by atoms with van der Waals surface area (Å²) in [6.07, 6.45) is 1.60. The minimum absolute atomic E-state index is 0.163. The van der Waals surface area contributed by atoms with Crippen LogP contribution in [0, 0.1) is 0 Å². The van der Waals surface area contributed by atoms with Crippen molar-refractivity contribution in [2.24, 2.45) is 5.73 Å². The predicted octanol–water partition coefficient (Wildman–Crippen LogP) is 1.74. The van der Waals surface area contributed by atoms with E-state index in [1.54, 1.807) is 0 Å². The molecule has 1 aliphatic heterocycles. The van der Waals surface area contributed by atoms with Gasteiger partial charge < -0.3 is 15.6 Å². The van der Waals surface area contributed by atoms with Crippen molar-refractivity contribution in [3.8, 4) is 5.75 Å². The van der Waals surface area contributed by atoms with Crippen molar-refractivity contribution in [3.05, 3.63) is 28.8 Å². The number of hydrogen-bond acceptors (Lipinski definition) is 4. The van der Waals surface area contributed by atoms with Crippen molar-refractivity contribution in [1.82, 2.24) is 0 Å². The number of aliphatic hydroxyl groups is 1. The van der Waals surface area contributed by atoms with E-state index in [1.165, 1.54) is 0 Å². The van der Waals surface area contributed by atoms with Crippen LogP contribution >= 0.6 is 0 Å². The van der Waals surface area contributed by atoms with Gasteiger partial charge in [-0.05, 0) is 44.4 Å². The van der Waals surface area contributed by atoms with Gasteiger partial charge in [-0.3, -0.25) is 4.79 Å². The average molecular weight is 261 g/mol. The van der Waals surface area contributed by atoms with Crippen LogP contribution in [-0.2, 0) is 6.42 Å². The Balaban J connectivity index is 2.14. The molecule has 1 aliphatic carbocycles. The summed E-state index contributed by atoms with van der Waals surface area (Å²) in [5.74, 6) is 0.867. The van der Waals surface area contributed by atoms with Crippen molar-refractivity contribution < 1.29 is 14.6 Å². The first-order valence-electron chi connectivity index (χ1n) is 6.73. The lowest BCUT2D eigenvalue weighted by Crippen LogP contribution is -2.51. The number of rotatable bonds is 0. The number of nitrogens with two attached hydrogens (primary N) is 1. The second-order valence-electron chi connectivity index (χ2n) is 6.00. The molecule has 19 heavy (non-hydrogen) atoms. The molecule has 3 rings (SSSR count). The van der Waals surface area contributed by atoms with Crippen LogP contribution in [0.3, 0.4) is 0 Å². The summed E-state index contributed by atoms with van der Waals surface area (Å²) < 4.78 is 5.86. The number of benzene rings is 1. The lowest BCUT2D eigenvalue weighted by molar-refractivity contribution is -0.0572. The van der Waals surface area contributed by atoms with E-state index in [9.17, 15) is 9.90 Å². The van der Waals surface area contributed by atoms with E-state index in [-0.39, 0.29) is 5.78 Å². The molecule has 0 spiro atoms. The summed E-state index contributed by atoms with van der Waals surface area (Å²) in [6.45, 7) is 3.65. The molecule has 102 valence electrons. The Hall–Kier alpha value is -1.39. The highest BCUT2D eigenvalue weighted by atomic mass is 16.5. The van der Waals surface area contributed by atoms with Gasteiger partial charge >= 0.3 is 0 Å². The van der Waals surface area contributed by atoms with Gasteiger partial charge in [0.15, 0.2) is 5.78 Å². The van der Waals surface area contributed by atoms with Gasteiger partial charge in [-0.25, -0.2) is 0 Å². The molecule has 0 saturated heterocycles. The van der Waals surface area contributed by atoms with Gasteiger partial charge in [0.05, 0.1) is 6.04 Å². The number of aliphatic hydroxyl groups excluding tert-OH is 1. The Morgan fingerprint density at radius 3 is 2.84 bits per heavy atom. The largest absolute Gasteiger partial charge is 0.485 e. The smallest absolute Gasteiger partial charge is 0.163 e. The van der Waals surface area contributed by atoms with Crippen molar-refractivity contribution in [2.75, 3.05) is 0 Å². The Kier molecular flexibility index (Phi) is 2.69. The quantitative estimate of drug-likeness (QED) is 0.746. The van der Waals surface area contributed by atoms with Gasteiger partial charge in [-0.1, -0.05) is 0 Å². The van der Waals surface area contributed by atoms with Gasteiger partial charge in [0.25, 0.3) is 0 Å². The van der Waals surface area contributed by atoms with Crippen LogP contribution in [0.25, 0.3) is 0 Å². The minimum atomic E-state index is -0.781. The van der Waals surface area contributed by atoms with Crippen LogP contribution in [0.1, 0.15) is 54.2 Å².